The van der Waals surface area contributed by atoms with Crippen LogP contribution in [0.15, 0.2) is 54.2 Å². The third-order valence-corrected chi connectivity index (χ3v) is 2.49. The second kappa shape index (κ2) is 7.49. The second-order valence-corrected chi connectivity index (χ2v) is 4.02. The van der Waals surface area contributed by atoms with Crippen molar-refractivity contribution >= 4 is 18.0 Å². The van der Waals surface area contributed by atoms with Gasteiger partial charge in [0.1, 0.15) is 0 Å². The van der Waals surface area contributed by atoms with Crippen LogP contribution in [0.1, 0.15) is 11.1 Å². The van der Waals surface area contributed by atoms with Gasteiger partial charge in [0.15, 0.2) is 0 Å². The van der Waals surface area contributed by atoms with Crippen molar-refractivity contribution in [2.24, 2.45) is 5.10 Å². The van der Waals surface area contributed by atoms with Crippen LogP contribution in [0.5, 0.6) is 0 Å². The van der Waals surface area contributed by atoms with Gasteiger partial charge in [-0.25, -0.2) is 5.43 Å². The van der Waals surface area contributed by atoms with Crippen LogP contribution >= 0.6 is 0 Å². The highest BCUT2D eigenvalue weighted by Gasteiger charge is 2.11. The van der Waals surface area contributed by atoms with Gasteiger partial charge >= 0.3 is 11.8 Å². The van der Waals surface area contributed by atoms with E-state index in [1.54, 1.807) is 49.1 Å². The summed E-state index contributed by atoms with van der Waals surface area (Å²) in [6.45, 7) is 0.253. The Kier molecular flexibility index (Phi) is 5.11. The molecule has 0 aromatic carbocycles. The molecule has 2 aromatic heterocycles. The van der Waals surface area contributed by atoms with E-state index < -0.39 is 11.8 Å². The molecule has 0 saturated heterocycles. The van der Waals surface area contributed by atoms with Crippen LogP contribution in [0, 0.1) is 0 Å². The van der Waals surface area contributed by atoms with E-state index in [9.17, 15) is 9.59 Å². The number of hydrazone groups is 1. The molecule has 0 aliphatic heterocycles. The summed E-state index contributed by atoms with van der Waals surface area (Å²) < 4.78 is 0. The molecule has 106 valence electrons. The van der Waals surface area contributed by atoms with Crippen molar-refractivity contribution in [3.8, 4) is 0 Å². The highest BCUT2D eigenvalue weighted by molar-refractivity contribution is 6.35. The molecular formula is C14H13N5O2. The fourth-order valence-corrected chi connectivity index (χ4v) is 1.43. The Bertz CT molecular complexity index is 628. The van der Waals surface area contributed by atoms with Crippen LogP contribution in [0.4, 0.5) is 0 Å². The second-order valence-electron chi connectivity index (χ2n) is 4.02. The topological polar surface area (TPSA) is 96.3 Å². The first kappa shape index (κ1) is 14.3. The Labute approximate surface area is 121 Å². The number of carbonyl (C=O) groups excluding carboxylic acids is 2. The van der Waals surface area contributed by atoms with Gasteiger partial charge in [-0.3, -0.25) is 19.6 Å². The number of rotatable bonds is 4. The lowest BCUT2D eigenvalue weighted by molar-refractivity contribution is -0.139. The van der Waals surface area contributed by atoms with Crippen molar-refractivity contribution in [1.82, 2.24) is 20.7 Å². The van der Waals surface area contributed by atoms with Gasteiger partial charge in [0, 0.05) is 31.3 Å². The van der Waals surface area contributed by atoms with Gasteiger partial charge in [-0.1, -0.05) is 0 Å². The molecule has 2 aromatic rings. The quantitative estimate of drug-likeness (QED) is 0.477. The Morgan fingerprint density at radius 2 is 1.62 bits per heavy atom. The van der Waals surface area contributed by atoms with E-state index in [0.717, 1.165) is 11.1 Å². The Morgan fingerprint density at radius 1 is 1.00 bits per heavy atom. The third-order valence-electron chi connectivity index (χ3n) is 2.49. The maximum absolute atomic E-state index is 11.5. The minimum absolute atomic E-state index is 0.253. The summed E-state index contributed by atoms with van der Waals surface area (Å²) >= 11 is 0. The monoisotopic (exact) mass is 283 g/mol. The molecule has 0 bridgehead atoms. The number of nitrogens with zero attached hydrogens (tertiary/aromatic N) is 3. The molecule has 2 amide bonds. The van der Waals surface area contributed by atoms with Crippen molar-refractivity contribution in [1.29, 1.82) is 0 Å². The third kappa shape index (κ3) is 4.83. The summed E-state index contributed by atoms with van der Waals surface area (Å²) in [7, 11) is 0. The van der Waals surface area contributed by atoms with E-state index in [0.29, 0.717) is 0 Å². The molecule has 0 spiro atoms. The molecule has 0 atom stereocenters. The lowest BCUT2D eigenvalue weighted by Crippen LogP contribution is -2.37. The van der Waals surface area contributed by atoms with E-state index in [-0.39, 0.29) is 6.54 Å². The number of carbonyl (C=O) groups is 2. The molecule has 0 radical (unpaired) electrons. The fraction of sp³-hybridized carbons (Fsp3) is 0.0714. The van der Waals surface area contributed by atoms with Gasteiger partial charge in [-0.05, 0) is 35.4 Å². The molecule has 0 saturated carbocycles. The summed E-state index contributed by atoms with van der Waals surface area (Å²) in [5.41, 5.74) is 3.77. The number of amides is 2. The highest BCUT2D eigenvalue weighted by Crippen LogP contribution is 1.94. The van der Waals surface area contributed by atoms with Gasteiger partial charge in [0.25, 0.3) is 0 Å². The molecule has 7 nitrogen and oxygen atoms in total. The summed E-state index contributed by atoms with van der Waals surface area (Å²) in [5.74, 6) is -1.58. The Hall–Kier alpha value is -3.09. The molecule has 7 heteroatoms. The Morgan fingerprint density at radius 3 is 2.29 bits per heavy atom. The lowest BCUT2D eigenvalue weighted by Gasteiger charge is -2.03. The molecular weight excluding hydrogens is 270 g/mol. The normalized spacial score (nSPS) is 10.3. The summed E-state index contributed by atoms with van der Waals surface area (Å²) in [5, 5.41) is 6.18. The van der Waals surface area contributed by atoms with Crippen LogP contribution in [0.2, 0.25) is 0 Å². The van der Waals surface area contributed by atoms with Crippen molar-refractivity contribution in [3.63, 3.8) is 0 Å². The molecule has 2 heterocycles. The Balaban J connectivity index is 1.78. The van der Waals surface area contributed by atoms with Crippen molar-refractivity contribution in [2.75, 3.05) is 0 Å². The maximum atomic E-state index is 11.5. The average molecular weight is 283 g/mol. The fourth-order valence-electron chi connectivity index (χ4n) is 1.43. The highest BCUT2D eigenvalue weighted by atomic mass is 16.2. The molecule has 2 N–H and O–H groups in total. The van der Waals surface area contributed by atoms with Gasteiger partial charge in [0.2, 0.25) is 0 Å². The standard InChI is InChI=1S/C14H13N5O2/c20-13(17-9-11-1-5-15-6-2-11)14(21)19-18-10-12-3-7-16-8-4-12/h1-8,10H,9H2,(H,17,20)(H,19,21)/b18-10-. The summed E-state index contributed by atoms with van der Waals surface area (Å²) in [4.78, 5) is 30.7. The van der Waals surface area contributed by atoms with Crippen molar-refractivity contribution < 1.29 is 9.59 Å². The lowest BCUT2D eigenvalue weighted by atomic mass is 10.3. The van der Waals surface area contributed by atoms with Gasteiger partial charge < -0.3 is 5.32 Å². The van der Waals surface area contributed by atoms with Crippen LogP contribution < -0.4 is 10.7 Å². The van der Waals surface area contributed by atoms with Crippen molar-refractivity contribution in [3.05, 3.63) is 60.2 Å². The largest absolute Gasteiger partial charge is 0.344 e. The van der Waals surface area contributed by atoms with Crippen LogP contribution in [0.3, 0.4) is 0 Å². The SMILES string of the molecule is O=C(NCc1ccncc1)C(=O)N/N=C\c1ccncc1. The van der Waals surface area contributed by atoms with Gasteiger partial charge in [-0.15, -0.1) is 0 Å². The zero-order valence-electron chi connectivity index (χ0n) is 11.1. The summed E-state index contributed by atoms with van der Waals surface area (Å²) in [6.07, 6.45) is 7.85. The summed E-state index contributed by atoms with van der Waals surface area (Å²) in [6, 6.07) is 6.94. The molecule has 0 aliphatic rings. The van der Waals surface area contributed by atoms with E-state index in [2.05, 4.69) is 25.8 Å². The van der Waals surface area contributed by atoms with E-state index in [1.807, 2.05) is 0 Å². The first-order valence-electron chi connectivity index (χ1n) is 6.16. The zero-order chi connectivity index (χ0) is 14.9. The minimum Gasteiger partial charge on any atom is -0.344 e. The average Bonchev–Trinajstić information content (AvgIpc) is 2.54. The zero-order valence-corrected chi connectivity index (χ0v) is 11.1. The predicted octanol–water partition coefficient (Wildman–Crippen LogP) is 0.243. The first-order valence-corrected chi connectivity index (χ1v) is 6.16. The van der Waals surface area contributed by atoms with Gasteiger partial charge in [0.05, 0.1) is 6.21 Å². The van der Waals surface area contributed by atoms with Crippen molar-refractivity contribution in [2.45, 2.75) is 6.54 Å². The molecule has 2 rings (SSSR count). The minimum atomic E-state index is -0.825. The predicted molar refractivity (Wildman–Crippen MR) is 76.1 cm³/mol. The van der Waals surface area contributed by atoms with E-state index in [1.165, 1.54) is 6.21 Å². The van der Waals surface area contributed by atoms with Crippen LogP contribution in [0.25, 0.3) is 0 Å². The first-order chi connectivity index (χ1) is 10.3. The van der Waals surface area contributed by atoms with E-state index in [4.69, 9.17) is 0 Å². The number of aromatic nitrogens is 2. The molecule has 0 fully saturated rings. The van der Waals surface area contributed by atoms with E-state index >= 15 is 0 Å². The molecule has 0 unspecified atom stereocenters. The van der Waals surface area contributed by atoms with Crippen LogP contribution in [-0.2, 0) is 16.1 Å². The number of nitrogens with one attached hydrogen (secondary N) is 2. The van der Waals surface area contributed by atoms with Crippen LogP contribution in [-0.4, -0.2) is 28.0 Å². The molecule has 0 aliphatic carbocycles. The molecule has 21 heavy (non-hydrogen) atoms. The number of hydrogen-bond acceptors (Lipinski definition) is 5. The number of pyridine rings is 2. The van der Waals surface area contributed by atoms with Gasteiger partial charge in [-0.2, -0.15) is 5.10 Å². The number of hydrogen-bond donors (Lipinski definition) is 2. The smallest absolute Gasteiger partial charge is 0.329 e. The maximum Gasteiger partial charge on any atom is 0.329 e.